The number of carbonyl (C=O) groups is 2. The van der Waals surface area contributed by atoms with Gasteiger partial charge in [0, 0.05) is 24.2 Å². The number of fused-ring (bicyclic) bond motifs is 1. The molecule has 6 nitrogen and oxygen atoms in total. The van der Waals surface area contributed by atoms with Crippen LogP contribution in [0.1, 0.15) is 41.7 Å². The van der Waals surface area contributed by atoms with E-state index in [-0.39, 0.29) is 5.91 Å². The number of aryl methyl sites for hydroxylation is 2. The van der Waals surface area contributed by atoms with Crippen LogP contribution in [0.25, 0.3) is 10.2 Å². The smallest absolute Gasteiger partial charge is 0.351 e. The number of nitrogens with zero attached hydrogens (tertiary/aromatic N) is 2. The fourth-order valence-electron chi connectivity index (χ4n) is 2.68. The molecule has 2 aromatic rings. The molecule has 0 aromatic carbocycles. The van der Waals surface area contributed by atoms with Crippen molar-refractivity contribution in [2.45, 2.75) is 40.7 Å². The SMILES string of the molecule is CCN(CC)C(=O)[C@@H](C)OC(=O)c1sc2nc(C)cc(C)c2c1N. The summed E-state index contributed by atoms with van der Waals surface area (Å²) in [6.07, 6.45) is -0.849. The van der Waals surface area contributed by atoms with Gasteiger partial charge in [0.15, 0.2) is 6.10 Å². The summed E-state index contributed by atoms with van der Waals surface area (Å²) in [4.78, 5) is 31.7. The van der Waals surface area contributed by atoms with Gasteiger partial charge < -0.3 is 15.4 Å². The second kappa shape index (κ2) is 7.17. The fourth-order valence-corrected chi connectivity index (χ4v) is 3.78. The van der Waals surface area contributed by atoms with Crippen molar-refractivity contribution in [1.29, 1.82) is 0 Å². The molecule has 0 radical (unpaired) electrons. The maximum Gasteiger partial charge on any atom is 0.351 e. The normalized spacial score (nSPS) is 12.2. The molecule has 0 fully saturated rings. The fraction of sp³-hybridized carbons (Fsp3) is 0.471. The van der Waals surface area contributed by atoms with Gasteiger partial charge in [-0.15, -0.1) is 11.3 Å². The van der Waals surface area contributed by atoms with Gasteiger partial charge in [-0.3, -0.25) is 4.79 Å². The first-order chi connectivity index (χ1) is 11.3. The Labute approximate surface area is 145 Å². The Bertz CT molecular complexity index is 781. The molecule has 130 valence electrons. The van der Waals surface area contributed by atoms with Crippen LogP contribution in [0, 0.1) is 13.8 Å². The molecule has 0 unspecified atom stereocenters. The molecule has 0 aliphatic heterocycles. The summed E-state index contributed by atoms with van der Waals surface area (Å²) < 4.78 is 5.34. The zero-order valence-corrected chi connectivity index (χ0v) is 15.5. The summed E-state index contributed by atoms with van der Waals surface area (Å²) in [7, 11) is 0. The highest BCUT2D eigenvalue weighted by Gasteiger charge is 2.26. The lowest BCUT2D eigenvalue weighted by Gasteiger charge is -2.22. The summed E-state index contributed by atoms with van der Waals surface area (Å²) in [5.74, 6) is -0.793. The minimum absolute atomic E-state index is 0.210. The van der Waals surface area contributed by atoms with Gasteiger partial charge in [0.05, 0.1) is 5.69 Å². The lowest BCUT2D eigenvalue weighted by molar-refractivity contribution is -0.139. The second-order valence-electron chi connectivity index (χ2n) is 5.66. The molecule has 2 aromatic heterocycles. The average Bonchev–Trinajstić information content (AvgIpc) is 2.85. The van der Waals surface area contributed by atoms with Gasteiger partial charge in [0.1, 0.15) is 9.71 Å². The lowest BCUT2D eigenvalue weighted by Crippen LogP contribution is -2.39. The number of ether oxygens (including phenoxy) is 1. The second-order valence-corrected chi connectivity index (χ2v) is 6.66. The first-order valence-electron chi connectivity index (χ1n) is 7.96. The third kappa shape index (κ3) is 3.36. The van der Waals surface area contributed by atoms with Crippen molar-refractivity contribution >= 4 is 39.1 Å². The minimum Gasteiger partial charge on any atom is -0.448 e. The molecule has 1 atom stereocenters. The molecular formula is C17H23N3O3S. The highest BCUT2D eigenvalue weighted by Crippen LogP contribution is 2.35. The minimum atomic E-state index is -0.849. The number of rotatable bonds is 5. The Kier molecular flexibility index (Phi) is 5.43. The summed E-state index contributed by atoms with van der Waals surface area (Å²) in [5.41, 5.74) is 8.33. The van der Waals surface area contributed by atoms with E-state index in [1.54, 1.807) is 11.8 Å². The quantitative estimate of drug-likeness (QED) is 0.839. The zero-order chi connectivity index (χ0) is 18.0. The van der Waals surface area contributed by atoms with E-state index in [9.17, 15) is 9.59 Å². The van der Waals surface area contributed by atoms with Gasteiger partial charge in [-0.05, 0) is 46.2 Å². The van der Waals surface area contributed by atoms with Gasteiger partial charge in [0.25, 0.3) is 5.91 Å². The molecule has 2 heterocycles. The highest BCUT2D eigenvalue weighted by atomic mass is 32.1. The maximum atomic E-state index is 12.5. The number of hydrogen-bond acceptors (Lipinski definition) is 6. The number of aromatic nitrogens is 1. The van der Waals surface area contributed by atoms with Gasteiger partial charge in [0.2, 0.25) is 0 Å². The predicted molar refractivity (Wildman–Crippen MR) is 96.3 cm³/mol. The van der Waals surface area contributed by atoms with Crippen LogP contribution in [-0.4, -0.2) is 41.0 Å². The third-order valence-electron chi connectivity index (χ3n) is 3.92. The van der Waals surface area contributed by atoms with Crippen LogP contribution in [0.2, 0.25) is 0 Å². The monoisotopic (exact) mass is 349 g/mol. The largest absolute Gasteiger partial charge is 0.448 e. The van der Waals surface area contributed by atoms with Crippen LogP contribution in [-0.2, 0) is 9.53 Å². The van der Waals surface area contributed by atoms with Crippen molar-refractivity contribution in [1.82, 2.24) is 9.88 Å². The van der Waals surface area contributed by atoms with E-state index >= 15 is 0 Å². The molecule has 2 rings (SSSR count). The van der Waals surface area contributed by atoms with Crippen molar-refractivity contribution < 1.29 is 14.3 Å². The summed E-state index contributed by atoms with van der Waals surface area (Å²) in [6.45, 7) is 10.3. The molecule has 0 spiro atoms. The van der Waals surface area contributed by atoms with Crippen LogP contribution in [0.3, 0.4) is 0 Å². The Morgan fingerprint density at radius 2 is 1.96 bits per heavy atom. The number of esters is 1. The molecule has 0 aliphatic rings. The van der Waals surface area contributed by atoms with Crippen molar-refractivity contribution in [2.75, 3.05) is 18.8 Å². The molecule has 0 saturated heterocycles. The summed E-state index contributed by atoms with van der Waals surface area (Å²) >= 11 is 1.20. The van der Waals surface area contributed by atoms with Crippen molar-refractivity contribution in [3.63, 3.8) is 0 Å². The molecular weight excluding hydrogens is 326 g/mol. The molecule has 7 heteroatoms. The molecule has 1 amide bonds. The van der Waals surface area contributed by atoms with Crippen LogP contribution >= 0.6 is 11.3 Å². The standard InChI is InChI=1S/C17H23N3O3S/c1-6-20(7-2)16(21)11(5)23-17(22)14-13(18)12-9(3)8-10(4)19-15(12)24-14/h8,11H,6-7,18H2,1-5H3/t11-/m1/s1. The molecule has 0 saturated carbocycles. The highest BCUT2D eigenvalue weighted by molar-refractivity contribution is 7.21. The van der Waals surface area contributed by atoms with E-state index in [0.717, 1.165) is 16.6 Å². The number of likely N-dealkylation sites (N-methyl/N-ethyl adjacent to an activating group) is 1. The van der Waals surface area contributed by atoms with E-state index in [1.165, 1.54) is 11.3 Å². The Hall–Kier alpha value is -2.15. The summed E-state index contributed by atoms with van der Waals surface area (Å²) in [5, 5.41) is 0.778. The average molecular weight is 349 g/mol. The van der Waals surface area contributed by atoms with Gasteiger partial charge in [-0.2, -0.15) is 0 Å². The lowest BCUT2D eigenvalue weighted by atomic mass is 10.1. The van der Waals surface area contributed by atoms with Crippen molar-refractivity contribution in [2.24, 2.45) is 0 Å². The van der Waals surface area contributed by atoms with Crippen molar-refractivity contribution in [3.05, 3.63) is 22.2 Å². The Morgan fingerprint density at radius 1 is 1.33 bits per heavy atom. The molecule has 0 bridgehead atoms. The number of nitrogen functional groups attached to an aromatic ring is 1. The zero-order valence-electron chi connectivity index (χ0n) is 14.7. The number of amides is 1. The van der Waals surface area contributed by atoms with Crippen LogP contribution in [0.5, 0.6) is 0 Å². The van der Waals surface area contributed by atoms with Gasteiger partial charge >= 0.3 is 5.97 Å². The molecule has 0 aliphatic carbocycles. The van der Waals surface area contributed by atoms with E-state index in [1.807, 2.05) is 33.8 Å². The number of pyridine rings is 1. The maximum absolute atomic E-state index is 12.5. The number of nitrogens with two attached hydrogens (primary N) is 1. The van der Waals surface area contributed by atoms with Crippen molar-refractivity contribution in [3.8, 4) is 0 Å². The van der Waals surface area contributed by atoms with E-state index in [4.69, 9.17) is 10.5 Å². The van der Waals surface area contributed by atoms with Crippen LogP contribution in [0.15, 0.2) is 6.07 Å². The van der Waals surface area contributed by atoms with E-state index < -0.39 is 12.1 Å². The Balaban J connectivity index is 2.27. The number of carbonyl (C=O) groups excluding carboxylic acids is 2. The molecule has 2 N–H and O–H groups in total. The Morgan fingerprint density at radius 3 is 2.54 bits per heavy atom. The van der Waals surface area contributed by atoms with E-state index in [2.05, 4.69) is 4.98 Å². The number of anilines is 1. The summed E-state index contributed by atoms with van der Waals surface area (Å²) in [6, 6.07) is 1.92. The topological polar surface area (TPSA) is 85.5 Å². The third-order valence-corrected chi connectivity index (χ3v) is 5.00. The van der Waals surface area contributed by atoms with Gasteiger partial charge in [-0.25, -0.2) is 9.78 Å². The predicted octanol–water partition coefficient (Wildman–Crippen LogP) is 2.91. The molecule has 24 heavy (non-hydrogen) atoms. The number of hydrogen-bond donors (Lipinski definition) is 1. The van der Waals surface area contributed by atoms with Gasteiger partial charge in [-0.1, -0.05) is 0 Å². The first kappa shape index (κ1) is 18.2. The number of thiophene rings is 1. The van der Waals surface area contributed by atoms with E-state index in [0.29, 0.717) is 28.5 Å². The first-order valence-corrected chi connectivity index (χ1v) is 8.77. The van der Waals surface area contributed by atoms with Crippen LogP contribution < -0.4 is 5.73 Å². The van der Waals surface area contributed by atoms with Crippen LogP contribution in [0.4, 0.5) is 5.69 Å².